The zero-order valence-electron chi connectivity index (χ0n) is 18.2. The number of pyridine rings is 1. The van der Waals surface area contributed by atoms with Crippen molar-refractivity contribution >= 4 is 27.4 Å². The van der Waals surface area contributed by atoms with Gasteiger partial charge in [-0.2, -0.15) is 5.10 Å². The maximum Gasteiger partial charge on any atom is 0.248 e. The molecule has 160 valence electrons. The highest BCUT2D eigenvalue weighted by molar-refractivity contribution is 6.08. The van der Waals surface area contributed by atoms with E-state index in [1.807, 2.05) is 40.9 Å². The molecule has 0 atom stereocenters. The standard InChI is InChI=1S/C30H19N3O/c1-3-11-20(12-4-1)25-19-22-15-7-8-16-23(22)29-27(21-13-5-2-6-14-21)28(32-33(25)29)30-31-24-17-9-10-18-26(24)34-30/h1-19H. The molecule has 0 unspecified atom stereocenters. The second-order valence-electron chi connectivity index (χ2n) is 8.32. The van der Waals surface area contributed by atoms with Crippen molar-refractivity contribution in [1.29, 1.82) is 0 Å². The molecular weight excluding hydrogens is 418 g/mol. The first-order chi connectivity index (χ1) is 16.9. The summed E-state index contributed by atoms with van der Waals surface area (Å²) < 4.78 is 8.26. The van der Waals surface area contributed by atoms with Crippen LogP contribution < -0.4 is 0 Å². The van der Waals surface area contributed by atoms with Gasteiger partial charge in [-0.1, -0.05) is 97.1 Å². The second-order valence-corrected chi connectivity index (χ2v) is 8.32. The summed E-state index contributed by atoms with van der Waals surface area (Å²) in [7, 11) is 0. The quantitative estimate of drug-likeness (QED) is 0.285. The molecule has 3 aromatic heterocycles. The number of nitrogens with zero attached hydrogens (tertiary/aromatic N) is 3. The number of aromatic nitrogens is 3. The van der Waals surface area contributed by atoms with E-state index < -0.39 is 0 Å². The number of hydrogen-bond donors (Lipinski definition) is 0. The summed E-state index contributed by atoms with van der Waals surface area (Å²) in [5.41, 5.74) is 7.56. The molecule has 0 saturated carbocycles. The van der Waals surface area contributed by atoms with E-state index in [1.54, 1.807) is 0 Å². The van der Waals surface area contributed by atoms with Crippen LogP contribution in [0.3, 0.4) is 0 Å². The molecule has 7 aromatic rings. The van der Waals surface area contributed by atoms with Gasteiger partial charge in [0, 0.05) is 16.5 Å². The molecule has 0 saturated heterocycles. The smallest absolute Gasteiger partial charge is 0.248 e. The Kier molecular flexibility index (Phi) is 4.11. The molecule has 0 N–H and O–H groups in total. The van der Waals surface area contributed by atoms with E-state index in [4.69, 9.17) is 14.5 Å². The monoisotopic (exact) mass is 437 g/mol. The topological polar surface area (TPSA) is 43.3 Å². The van der Waals surface area contributed by atoms with Crippen LogP contribution in [0, 0.1) is 0 Å². The summed E-state index contributed by atoms with van der Waals surface area (Å²) >= 11 is 0. The van der Waals surface area contributed by atoms with Gasteiger partial charge in [0.2, 0.25) is 5.89 Å². The Morgan fingerprint density at radius 2 is 1.32 bits per heavy atom. The summed E-state index contributed by atoms with van der Waals surface area (Å²) in [6, 6.07) is 39.2. The molecule has 0 aliphatic heterocycles. The van der Waals surface area contributed by atoms with Crippen molar-refractivity contribution in [2.45, 2.75) is 0 Å². The minimum atomic E-state index is 0.520. The minimum absolute atomic E-state index is 0.520. The Morgan fingerprint density at radius 1 is 0.647 bits per heavy atom. The molecule has 0 bridgehead atoms. The molecule has 0 radical (unpaired) electrons. The van der Waals surface area contributed by atoms with Gasteiger partial charge in [0.25, 0.3) is 0 Å². The van der Waals surface area contributed by atoms with E-state index in [0.717, 1.165) is 55.5 Å². The Balaban J connectivity index is 1.67. The normalized spacial score (nSPS) is 11.5. The van der Waals surface area contributed by atoms with Crippen LogP contribution in [0.5, 0.6) is 0 Å². The fourth-order valence-electron chi connectivity index (χ4n) is 4.70. The molecule has 0 fully saturated rings. The average Bonchev–Trinajstić information content (AvgIpc) is 3.51. The molecule has 4 nitrogen and oxygen atoms in total. The van der Waals surface area contributed by atoms with Crippen LogP contribution in [0.15, 0.2) is 120 Å². The van der Waals surface area contributed by atoms with Gasteiger partial charge in [-0.3, -0.25) is 0 Å². The van der Waals surface area contributed by atoms with Crippen LogP contribution in [-0.4, -0.2) is 14.6 Å². The number of para-hydroxylation sites is 2. The van der Waals surface area contributed by atoms with Gasteiger partial charge in [0.05, 0.1) is 11.2 Å². The van der Waals surface area contributed by atoms with Gasteiger partial charge in [0.15, 0.2) is 11.3 Å². The highest BCUT2D eigenvalue weighted by atomic mass is 16.3. The Bertz CT molecular complexity index is 1760. The first-order valence-electron chi connectivity index (χ1n) is 11.3. The highest BCUT2D eigenvalue weighted by Crippen LogP contribution is 2.41. The Morgan fingerprint density at radius 3 is 2.12 bits per heavy atom. The molecular formula is C30H19N3O. The van der Waals surface area contributed by atoms with Gasteiger partial charge in [-0.15, -0.1) is 0 Å². The number of oxazole rings is 1. The lowest BCUT2D eigenvalue weighted by molar-refractivity contribution is 0.616. The molecule has 3 heterocycles. The third-order valence-corrected chi connectivity index (χ3v) is 6.25. The average molecular weight is 438 g/mol. The molecule has 4 heteroatoms. The van der Waals surface area contributed by atoms with Crippen LogP contribution in [0.1, 0.15) is 0 Å². The van der Waals surface area contributed by atoms with Crippen molar-refractivity contribution in [3.8, 4) is 34.0 Å². The minimum Gasteiger partial charge on any atom is -0.435 e. The lowest BCUT2D eigenvalue weighted by Crippen LogP contribution is -1.95. The second kappa shape index (κ2) is 7.42. The summed E-state index contributed by atoms with van der Waals surface area (Å²) in [6.45, 7) is 0. The lowest BCUT2D eigenvalue weighted by Gasteiger charge is -2.10. The van der Waals surface area contributed by atoms with Gasteiger partial charge < -0.3 is 4.42 Å². The maximum absolute atomic E-state index is 6.22. The zero-order valence-corrected chi connectivity index (χ0v) is 18.2. The van der Waals surface area contributed by atoms with E-state index in [0.29, 0.717) is 5.89 Å². The summed E-state index contributed by atoms with van der Waals surface area (Å²) in [5, 5.41) is 7.44. The van der Waals surface area contributed by atoms with Crippen LogP contribution >= 0.6 is 0 Å². The van der Waals surface area contributed by atoms with Crippen molar-refractivity contribution < 1.29 is 4.42 Å². The van der Waals surface area contributed by atoms with E-state index in [2.05, 4.69) is 78.9 Å². The Hall–Kier alpha value is -4.70. The molecule has 0 amide bonds. The van der Waals surface area contributed by atoms with Crippen molar-refractivity contribution in [2.24, 2.45) is 0 Å². The predicted molar refractivity (Wildman–Crippen MR) is 137 cm³/mol. The zero-order chi connectivity index (χ0) is 22.5. The van der Waals surface area contributed by atoms with Crippen LogP contribution in [0.4, 0.5) is 0 Å². The highest BCUT2D eigenvalue weighted by Gasteiger charge is 2.24. The first-order valence-corrected chi connectivity index (χ1v) is 11.3. The van der Waals surface area contributed by atoms with Crippen LogP contribution in [0.25, 0.3) is 61.4 Å². The summed E-state index contributed by atoms with van der Waals surface area (Å²) in [6.07, 6.45) is 0. The first kappa shape index (κ1) is 18.8. The van der Waals surface area contributed by atoms with Gasteiger partial charge in [-0.25, -0.2) is 9.50 Å². The fraction of sp³-hybridized carbons (Fsp3) is 0. The number of benzene rings is 4. The predicted octanol–water partition coefficient (Wildman–Crippen LogP) is 7.63. The van der Waals surface area contributed by atoms with Crippen molar-refractivity contribution in [2.75, 3.05) is 0 Å². The summed E-state index contributed by atoms with van der Waals surface area (Å²) in [4.78, 5) is 4.80. The number of rotatable bonds is 3. The molecule has 0 spiro atoms. The number of hydrogen-bond acceptors (Lipinski definition) is 3. The third-order valence-electron chi connectivity index (χ3n) is 6.25. The van der Waals surface area contributed by atoms with Gasteiger partial charge >= 0.3 is 0 Å². The van der Waals surface area contributed by atoms with Crippen LogP contribution in [-0.2, 0) is 0 Å². The van der Waals surface area contributed by atoms with E-state index in [9.17, 15) is 0 Å². The third kappa shape index (κ3) is 2.86. The van der Waals surface area contributed by atoms with Crippen molar-refractivity contribution in [3.05, 3.63) is 115 Å². The molecule has 0 aliphatic carbocycles. The van der Waals surface area contributed by atoms with Gasteiger partial charge in [0.1, 0.15) is 5.52 Å². The lowest BCUT2D eigenvalue weighted by atomic mass is 9.99. The molecule has 34 heavy (non-hydrogen) atoms. The summed E-state index contributed by atoms with van der Waals surface area (Å²) in [5.74, 6) is 0.520. The van der Waals surface area contributed by atoms with E-state index in [1.165, 1.54) is 0 Å². The largest absolute Gasteiger partial charge is 0.435 e. The van der Waals surface area contributed by atoms with Gasteiger partial charge in [-0.05, 0) is 29.1 Å². The molecule has 0 aliphatic rings. The number of fused-ring (bicyclic) bond motifs is 4. The van der Waals surface area contributed by atoms with Crippen molar-refractivity contribution in [1.82, 2.24) is 14.6 Å². The Labute approximate surface area is 195 Å². The van der Waals surface area contributed by atoms with Crippen molar-refractivity contribution in [3.63, 3.8) is 0 Å². The van der Waals surface area contributed by atoms with E-state index >= 15 is 0 Å². The fourth-order valence-corrected chi connectivity index (χ4v) is 4.70. The van der Waals surface area contributed by atoms with E-state index in [-0.39, 0.29) is 0 Å². The molecule has 7 rings (SSSR count). The molecule has 4 aromatic carbocycles. The SMILES string of the molecule is c1ccc(-c2c(-c3nc4ccccc4o3)nn3c(-c4ccccc4)cc4ccccc4c23)cc1. The van der Waals surface area contributed by atoms with Crippen LogP contribution in [0.2, 0.25) is 0 Å². The maximum atomic E-state index is 6.22.